The Labute approximate surface area is 217 Å². The van der Waals surface area contributed by atoms with Crippen molar-refractivity contribution in [2.75, 3.05) is 14.1 Å². The van der Waals surface area contributed by atoms with Crippen molar-refractivity contribution in [3.8, 4) is 0 Å². The van der Waals surface area contributed by atoms with Crippen LogP contribution in [0.4, 0.5) is 0 Å². The second-order valence-electron chi connectivity index (χ2n) is 9.97. The SMILES string of the molecule is CC(=O)N(C)C1CCC([N-]C2CCCCC2[N-]C2CCC(N(C)C(C)=O)CC2)CC1.[Cl][Ti][Cl]. The van der Waals surface area contributed by atoms with Crippen molar-refractivity contribution < 1.29 is 26.6 Å². The molecule has 0 aromatic rings. The summed E-state index contributed by atoms with van der Waals surface area (Å²) >= 11 is -0.556. The molecule has 0 saturated heterocycles. The van der Waals surface area contributed by atoms with E-state index in [2.05, 4.69) is 0 Å². The minimum atomic E-state index is -0.556. The Hall–Kier alpha value is 0.154. The van der Waals surface area contributed by atoms with Gasteiger partial charge in [-0.25, -0.2) is 0 Å². The topological polar surface area (TPSA) is 68.8 Å². The Morgan fingerprint density at radius 3 is 1.24 bits per heavy atom. The number of amides is 2. The van der Waals surface area contributed by atoms with E-state index in [0.29, 0.717) is 36.3 Å². The summed E-state index contributed by atoms with van der Waals surface area (Å²) in [7, 11) is 13.6. The molecule has 0 N–H and O–H groups in total. The summed E-state index contributed by atoms with van der Waals surface area (Å²) < 4.78 is 0. The summed E-state index contributed by atoms with van der Waals surface area (Å²) in [5.74, 6) is 0.344. The predicted molar refractivity (Wildman–Crippen MR) is 133 cm³/mol. The molecule has 9 heteroatoms. The van der Waals surface area contributed by atoms with Gasteiger partial charge in [0.25, 0.3) is 0 Å². The van der Waals surface area contributed by atoms with Crippen LogP contribution in [0.2, 0.25) is 0 Å². The average molecular weight is 537 g/mol. The van der Waals surface area contributed by atoms with Gasteiger partial charge in [0.1, 0.15) is 0 Å². The van der Waals surface area contributed by atoms with Gasteiger partial charge in [-0.2, -0.15) is 12.1 Å². The summed E-state index contributed by atoms with van der Waals surface area (Å²) in [6.07, 6.45) is 13.6. The molecule has 2 amide bonds. The zero-order valence-corrected chi connectivity index (χ0v) is 23.9. The molecule has 2 atom stereocenters. The maximum atomic E-state index is 11.6. The first-order chi connectivity index (χ1) is 15.8. The van der Waals surface area contributed by atoms with Crippen LogP contribution in [0.25, 0.3) is 10.6 Å². The molecule has 3 aliphatic carbocycles. The molecule has 33 heavy (non-hydrogen) atoms. The molecular weight excluding hydrogens is 495 g/mol. The van der Waals surface area contributed by atoms with E-state index >= 15 is 0 Å². The summed E-state index contributed by atoms with van der Waals surface area (Å²) in [6, 6.07) is 2.46. The van der Waals surface area contributed by atoms with E-state index in [1.54, 1.807) is 13.8 Å². The van der Waals surface area contributed by atoms with Crippen LogP contribution >= 0.6 is 18.6 Å². The number of carbonyl (C=O) groups excluding carboxylic acids is 2. The standard InChI is InChI=1S/C24H42N4O2.2ClH.Ti/c1-17(29)27(3)21-13-9-19(10-14-21)25-23-7-5-6-8-24(23)26-20-11-15-22(16-12-20)28(4)18(2)30;;;/h19-24H,5-16H2,1-4H3;2*1H;/q-2;;;+2/p-2. The van der Waals surface area contributed by atoms with Crippen LogP contribution in [-0.2, 0) is 26.6 Å². The van der Waals surface area contributed by atoms with Crippen molar-refractivity contribution in [1.82, 2.24) is 9.80 Å². The summed E-state index contributed by atoms with van der Waals surface area (Å²) in [4.78, 5) is 27.1. The zero-order chi connectivity index (χ0) is 24.4. The minimum absolute atomic E-state index is 0.172. The van der Waals surface area contributed by atoms with E-state index in [1.807, 2.05) is 23.9 Å². The summed E-state index contributed by atoms with van der Waals surface area (Å²) in [5.41, 5.74) is 0. The van der Waals surface area contributed by atoms with Crippen molar-refractivity contribution in [3.05, 3.63) is 10.6 Å². The van der Waals surface area contributed by atoms with Crippen LogP contribution in [-0.4, -0.2) is 72.0 Å². The van der Waals surface area contributed by atoms with Crippen molar-refractivity contribution >= 4 is 30.4 Å². The van der Waals surface area contributed by atoms with Crippen molar-refractivity contribution in [2.45, 2.75) is 127 Å². The first-order valence-electron chi connectivity index (χ1n) is 12.6. The van der Waals surface area contributed by atoms with Crippen LogP contribution in [0, 0.1) is 0 Å². The van der Waals surface area contributed by atoms with Crippen molar-refractivity contribution in [2.24, 2.45) is 0 Å². The van der Waals surface area contributed by atoms with Crippen LogP contribution in [0.15, 0.2) is 0 Å². The fraction of sp³-hybridized carbons (Fsp3) is 0.917. The Morgan fingerprint density at radius 2 is 0.970 bits per heavy atom. The second kappa shape index (κ2) is 15.3. The third-order valence-corrected chi connectivity index (χ3v) is 7.92. The van der Waals surface area contributed by atoms with E-state index in [4.69, 9.17) is 29.2 Å². The average Bonchev–Trinajstić information content (AvgIpc) is 2.81. The van der Waals surface area contributed by atoms with Gasteiger partial charge in [-0.05, 0) is 25.7 Å². The van der Waals surface area contributed by atoms with Gasteiger partial charge in [-0.1, -0.05) is 51.4 Å². The molecule has 0 aromatic heterocycles. The van der Waals surface area contributed by atoms with Gasteiger partial charge in [-0.3, -0.25) is 9.59 Å². The molecule has 0 spiro atoms. The fourth-order valence-corrected chi connectivity index (χ4v) is 5.68. The van der Waals surface area contributed by atoms with E-state index in [9.17, 15) is 9.59 Å². The summed E-state index contributed by atoms with van der Waals surface area (Å²) in [5, 5.41) is 10.6. The van der Waals surface area contributed by atoms with Gasteiger partial charge < -0.3 is 20.4 Å². The van der Waals surface area contributed by atoms with Gasteiger partial charge in [0, 0.05) is 40.0 Å². The molecule has 190 valence electrons. The molecule has 3 aliphatic rings. The van der Waals surface area contributed by atoms with Crippen molar-refractivity contribution in [3.63, 3.8) is 0 Å². The van der Waals surface area contributed by atoms with Crippen molar-refractivity contribution in [1.29, 1.82) is 0 Å². The normalized spacial score (nSPS) is 32.2. The van der Waals surface area contributed by atoms with Gasteiger partial charge >= 0.3 is 35.6 Å². The fourth-order valence-electron chi connectivity index (χ4n) is 5.68. The Morgan fingerprint density at radius 1 is 0.667 bits per heavy atom. The van der Waals surface area contributed by atoms with E-state index < -0.39 is 17.0 Å². The molecular formula is C24H42Cl2N4O2Ti-2. The first kappa shape index (κ1) is 29.4. The third kappa shape index (κ3) is 9.61. The van der Waals surface area contributed by atoms with Crippen LogP contribution in [0.3, 0.4) is 0 Å². The second-order valence-corrected chi connectivity index (χ2v) is 12.6. The molecule has 3 saturated carbocycles. The number of halogens is 2. The summed E-state index contributed by atoms with van der Waals surface area (Å²) in [6.45, 7) is 3.33. The first-order valence-corrected chi connectivity index (χ1v) is 16.9. The molecule has 6 nitrogen and oxygen atoms in total. The zero-order valence-electron chi connectivity index (χ0n) is 20.8. The number of hydrogen-bond acceptors (Lipinski definition) is 2. The Kier molecular flexibility index (Phi) is 13.6. The molecule has 0 aromatic carbocycles. The van der Waals surface area contributed by atoms with E-state index in [0.717, 1.165) is 51.4 Å². The monoisotopic (exact) mass is 536 g/mol. The van der Waals surface area contributed by atoms with E-state index in [-0.39, 0.29) is 11.8 Å². The molecule has 0 aliphatic heterocycles. The Balaban J connectivity index is 0.00000122. The number of hydrogen-bond donors (Lipinski definition) is 0. The number of rotatable bonds is 6. The van der Waals surface area contributed by atoms with Gasteiger partial charge in [0.2, 0.25) is 11.8 Å². The molecule has 2 unspecified atom stereocenters. The molecule has 3 rings (SSSR count). The molecule has 3 fully saturated rings. The Bertz CT molecular complexity index is 549. The van der Waals surface area contributed by atoms with Crippen LogP contribution in [0.5, 0.6) is 0 Å². The van der Waals surface area contributed by atoms with E-state index in [1.165, 1.54) is 25.7 Å². The quantitative estimate of drug-likeness (QED) is 0.390. The third-order valence-electron chi connectivity index (χ3n) is 7.92. The number of carbonyl (C=O) groups is 2. The molecule has 0 heterocycles. The van der Waals surface area contributed by atoms with Crippen LogP contribution in [0.1, 0.15) is 90.9 Å². The maximum absolute atomic E-state index is 11.6. The predicted octanol–water partition coefficient (Wildman–Crippen LogP) is 6.00. The van der Waals surface area contributed by atoms with Gasteiger partial charge in [0.15, 0.2) is 0 Å². The van der Waals surface area contributed by atoms with Gasteiger partial charge in [-0.15, -0.1) is 12.1 Å². The molecule has 0 radical (unpaired) electrons. The number of nitrogens with zero attached hydrogens (tertiary/aromatic N) is 4. The molecule has 0 bridgehead atoms. The van der Waals surface area contributed by atoms with Gasteiger partial charge in [0.05, 0.1) is 0 Å². The van der Waals surface area contributed by atoms with Crippen LogP contribution < -0.4 is 0 Å².